The molecule has 0 spiro atoms. The summed E-state index contributed by atoms with van der Waals surface area (Å²) in [5.74, 6) is -0.559. The molecule has 5 nitrogen and oxygen atoms in total. The van der Waals surface area contributed by atoms with Crippen molar-refractivity contribution in [2.45, 2.75) is 399 Å². The average molecular weight is 1000 g/mol. The van der Waals surface area contributed by atoms with Crippen LogP contribution in [0.2, 0.25) is 0 Å². The number of aliphatic hydroxyl groups is 1. The lowest BCUT2D eigenvalue weighted by atomic mass is 10.0. The third-order valence-corrected chi connectivity index (χ3v) is 15.7. The van der Waals surface area contributed by atoms with E-state index < -0.39 is 6.10 Å². The molecule has 0 aromatic carbocycles. The van der Waals surface area contributed by atoms with Crippen molar-refractivity contribution in [1.29, 1.82) is 0 Å². The molecule has 0 aromatic rings. The highest BCUT2D eigenvalue weighted by Crippen LogP contribution is 2.19. The van der Waals surface area contributed by atoms with Crippen molar-refractivity contribution in [3.05, 3.63) is 0 Å². The van der Waals surface area contributed by atoms with Gasteiger partial charge < -0.3 is 14.6 Å². The van der Waals surface area contributed by atoms with Crippen molar-refractivity contribution in [2.24, 2.45) is 0 Å². The highest BCUT2D eigenvalue weighted by Gasteiger charge is 2.16. The summed E-state index contributed by atoms with van der Waals surface area (Å²) in [6.07, 6.45) is 78.5. The summed E-state index contributed by atoms with van der Waals surface area (Å²) in [6.45, 7) is 4.22. The Balaban J connectivity index is 3.36. The molecule has 5 heteroatoms. The van der Waals surface area contributed by atoms with Crippen LogP contribution in [0.1, 0.15) is 393 Å². The number of unbranched alkanes of at least 4 members (excludes halogenated alkanes) is 55. The molecule has 0 aromatic heterocycles. The number of esters is 2. The molecule has 0 aliphatic carbocycles. The van der Waals surface area contributed by atoms with Crippen molar-refractivity contribution in [1.82, 2.24) is 0 Å². The molecule has 0 bridgehead atoms. The zero-order chi connectivity index (χ0) is 51.3. The van der Waals surface area contributed by atoms with Crippen LogP contribution in [0.5, 0.6) is 0 Å². The SMILES string of the molecule is CCCCCCCCCCCCCCCCCCCCCCCCCCCCCCCC(=O)OC(CO)COC(=O)CCCCCCCCCCCCCCCCCCCCCCCCCCCCCC. The normalized spacial score (nSPS) is 12.0. The second-order valence-corrected chi connectivity index (χ2v) is 22.9. The number of carbonyl (C=O) groups is 2. The van der Waals surface area contributed by atoms with Crippen LogP contribution in [0.15, 0.2) is 0 Å². The quantitative estimate of drug-likeness (QED) is 0.0485. The van der Waals surface area contributed by atoms with Crippen molar-refractivity contribution in [3.8, 4) is 0 Å². The van der Waals surface area contributed by atoms with Gasteiger partial charge >= 0.3 is 11.9 Å². The fraction of sp³-hybridized carbons (Fsp3) is 0.970. The van der Waals surface area contributed by atoms with Crippen LogP contribution in [0.4, 0.5) is 0 Å². The molecule has 0 saturated carbocycles. The number of ether oxygens (including phenoxy) is 2. The van der Waals surface area contributed by atoms with Crippen molar-refractivity contribution >= 4 is 11.9 Å². The summed E-state index contributed by atoms with van der Waals surface area (Å²) >= 11 is 0. The predicted molar refractivity (Wildman–Crippen MR) is 312 cm³/mol. The summed E-state index contributed by atoms with van der Waals surface area (Å²) in [6, 6.07) is 0. The van der Waals surface area contributed by atoms with Gasteiger partial charge in [-0.2, -0.15) is 0 Å². The van der Waals surface area contributed by atoms with Gasteiger partial charge in [-0.25, -0.2) is 0 Å². The first-order chi connectivity index (χ1) is 35.1. The van der Waals surface area contributed by atoms with E-state index in [-0.39, 0.29) is 25.2 Å². The molecule has 0 saturated heterocycles. The number of hydrogen-bond donors (Lipinski definition) is 1. The first kappa shape index (κ1) is 69.9. The minimum Gasteiger partial charge on any atom is -0.462 e. The van der Waals surface area contributed by atoms with E-state index in [0.29, 0.717) is 12.8 Å². The molecule has 1 unspecified atom stereocenters. The van der Waals surface area contributed by atoms with Gasteiger partial charge in [-0.15, -0.1) is 0 Å². The summed E-state index contributed by atoms with van der Waals surface area (Å²) in [5, 5.41) is 9.69. The van der Waals surface area contributed by atoms with Gasteiger partial charge in [0.25, 0.3) is 0 Å². The topological polar surface area (TPSA) is 72.8 Å². The van der Waals surface area contributed by atoms with Crippen molar-refractivity contribution < 1.29 is 24.2 Å². The van der Waals surface area contributed by atoms with E-state index in [9.17, 15) is 14.7 Å². The number of aliphatic hydroxyl groups excluding tert-OH is 1. The Morgan fingerprint density at radius 3 is 0.620 bits per heavy atom. The molecule has 0 radical (unpaired) electrons. The van der Waals surface area contributed by atoms with E-state index >= 15 is 0 Å². The van der Waals surface area contributed by atoms with Gasteiger partial charge in [0.2, 0.25) is 0 Å². The van der Waals surface area contributed by atoms with E-state index in [1.54, 1.807) is 0 Å². The van der Waals surface area contributed by atoms with Crippen LogP contribution in [0, 0.1) is 0 Å². The molecule has 0 rings (SSSR count). The van der Waals surface area contributed by atoms with Gasteiger partial charge in [-0.1, -0.05) is 367 Å². The molecule has 71 heavy (non-hydrogen) atoms. The maximum atomic E-state index is 12.3. The second kappa shape index (κ2) is 63.2. The Morgan fingerprint density at radius 1 is 0.268 bits per heavy atom. The van der Waals surface area contributed by atoms with Gasteiger partial charge in [0.15, 0.2) is 6.10 Å². The summed E-state index contributed by atoms with van der Waals surface area (Å²) in [4.78, 5) is 24.6. The van der Waals surface area contributed by atoms with Crippen LogP contribution in [-0.2, 0) is 19.1 Å². The summed E-state index contributed by atoms with van der Waals surface area (Å²) in [5.41, 5.74) is 0. The van der Waals surface area contributed by atoms with E-state index in [1.807, 2.05) is 0 Å². The fourth-order valence-corrected chi connectivity index (χ4v) is 10.7. The predicted octanol–water partition coefficient (Wildman–Crippen LogP) is 22.5. The van der Waals surface area contributed by atoms with Crippen LogP contribution in [-0.4, -0.2) is 36.4 Å². The van der Waals surface area contributed by atoms with E-state index in [4.69, 9.17) is 9.47 Å². The molecule has 0 aliphatic heterocycles. The Labute approximate surface area is 446 Å². The molecular weight excluding hydrogens is 873 g/mol. The summed E-state index contributed by atoms with van der Waals surface area (Å²) in [7, 11) is 0. The van der Waals surface area contributed by atoms with Crippen LogP contribution < -0.4 is 0 Å². The standard InChI is InChI=1S/C66H130O5/c1-3-5-7-9-11-13-15-17-19-21-23-25-27-29-31-33-35-37-39-41-43-45-47-49-51-53-55-57-59-61-66(69)71-64(62-67)63-70-65(68)60-58-56-54-52-50-48-46-44-42-40-38-36-34-32-30-28-26-24-22-20-18-16-14-12-10-8-6-4-2/h64,67H,3-63H2,1-2H3. The van der Waals surface area contributed by atoms with Crippen molar-refractivity contribution in [2.75, 3.05) is 13.2 Å². The second-order valence-electron chi connectivity index (χ2n) is 22.9. The molecule has 0 amide bonds. The molecular formula is C66H130O5. The lowest BCUT2D eigenvalue weighted by molar-refractivity contribution is -0.161. The molecule has 1 atom stereocenters. The number of rotatable bonds is 63. The zero-order valence-electron chi connectivity index (χ0n) is 48.8. The maximum absolute atomic E-state index is 12.3. The third-order valence-electron chi connectivity index (χ3n) is 15.7. The van der Waals surface area contributed by atoms with E-state index in [1.165, 1.54) is 334 Å². The lowest BCUT2D eigenvalue weighted by Gasteiger charge is -2.15. The molecule has 1 N–H and O–H groups in total. The largest absolute Gasteiger partial charge is 0.462 e. The Hall–Kier alpha value is -1.10. The van der Waals surface area contributed by atoms with E-state index in [2.05, 4.69) is 13.8 Å². The van der Waals surface area contributed by atoms with Gasteiger partial charge in [0.1, 0.15) is 6.61 Å². The van der Waals surface area contributed by atoms with Crippen LogP contribution >= 0.6 is 0 Å². The van der Waals surface area contributed by atoms with Crippen LogP contribution in [0.25, 0.3) is 0 Å². The molecule has 0 aliphatic rings. The number of carbonyl (C=O) groups excluding carboxylic acids is 2. The highest BCUT2D eigenvalue weighted by atomic mass is 16.6. The Bertz CT molecular complexity index is 999. The monoisotopic (exact) mass is 1000 g/mol. The Kier molecular flexibility index (Phi) is 62.2. The lowest BCUT2D eigenvalue weighted by Crippen LogP contribution is -2.28. The number of hydrogen-bond acceptors (Lipinski definition) is 5. The first-order valence-electron chi connectivity index (χ1n) is 33.1. The van der Waals surface area contributed by atoms with Crippen LogP contribution in [0.3, 0.4) is 0 Å². The molecule has 0 fully saturated rings. The van der Waals surface area contributed by atoms with Gasteiger partial charge in [-0.3, -0.25) is 9.59 Å². The average Bonchev–Trinajstić information content (AvgIpc) is 3.37. The minimum absolute atomic E-state index is 0.0554. The maximum Gasteiger partial charge on any atom is 0.306 e. The van der Waals surface area contributed by atoms with Gasteiger partial charge in [0.05, 0.1) is 6.61 Å². The Morgan fingerprint density at radius 2 is 0.437 bits per heavy atom. The fourth-order valence-electron chi connectivity index (χ4n) is 10.7. The van der Waals surface area contributed by atoms with Crippen molar-refractivity contribution in [3.63, 3.8) is 0 Å². The van der Waals surface area contributed by atoms with Gasteiger partial charge in [-0.05, 0) is 12.8 Å². The smallest absolute Gasteiger partial charge is 0.306 e. The van der Waals surface area contributed by atoms with E-state index in [0.717, 1.165) is 32.1 Å². The molecule has 424 valence electrons. The zero-order valence-corrected chi connectivity index (χ0v) is 48.8. The molecule has 0 heterocycles. The minimum atomic E-state index is -0.765. The summed E-state index contributed by atoms with van der Waals surface area (Å²) < 4.78 is 10.8. The highest BCUT2D eigenvalue weighted by molar-refractivity contribution is 5.70. The third kappa shape index (κ3) is 61.3. The van der Waals surface area contributed by atoms with Gasteiger partial charge in [0, 0.05) is 12.8 Å². The first-order valence-corrected chi connectivity index (χ1v) is 33.1.